The summed E-state index contributed by atoms with van der Waals surface area (Å²) in [6.45, 7) is 7.74. The molecule has 186 valence electrons. The molecule has 0 bridgehead atoms. The quantitative estimate of drug-likeness (QED) is 0.320. The van der Waals surface area contributed by atoms with Gasteiger partial charge in [0.1, 0.15) is 0 Å². The molecule has 0 heterocycles. The smallest absolute Gasteiger partial charge is 0.319 e. The highest BCUT2D eigenvalue weighted by Gasteiger charge is 2.17. The van der Waals surface area contributed by atoms with Gasteiger partial charge in [0.15, 0.2) is 9.84 Å². The second kappa shape index (κ2) is 11.8. The number of hydrogen-bond acceptors (Lipinski definition) is 4. The summed E-state index contributed by atoms with van der Waals surface area (Å²) in [5.74, 6) is -0.100. The molecule has 9 heteroatoms. The summed E-state index contributed by atoms with van der Waals surface area (Å²) in [4.78, 5) is 14.8. The Kier molecular flexibility index (Phi) is 9.05. The Balaban J connectivity index is 1.62. The third kappa shape index (κ3) is 6.90. The summed E-state index contributed by atoms with van der Waals surface area (Å²) in [5.41, 5.74) is 2.95. The van der Waals surface area contributed by atoms with E-state index >= 15 is 0 Å². The number of urea groups is 1. The fourth-order valence-electron chi connectivity index (χ4n) is 3.74. The summed E-state index contributed by atoms with van der Waals surface area (Å²) in [6, 6.07) is 18.1. The van der Waals surface area contributed by atoms with E-state index in [0.717, 1.165) is 24.3 Å². The van der Waals surface area contributed by atoms with E-state index < -0.39 is 15.9 Å². The lowest BCUT2D eigenvalue weighted by atomic mass is 10.1. The normalized spacial score (nSPS) is 12.1. The third-order valence-corrected chi connectivity index (χ3v) is 8.23. The molecule has 6 nitrogen and oxygen atoms in total. The van der Waals surface area contributed by atoms with Gasteiger partial charge in [-0.3, -0.25) is 0 Å². The lowest BCUT2D eigenvalue weighted by Gasteiger charge is -2.21. The number of halogens is 2. The molecule has 3 aromatic rings. The zero-order valence-corrected chi connectivity index (χ0v) is 22.2. The van der Waals surface area contributed by atoms with Gasteiger partial charge in [0.05, 0.1) is 26.7 Å². The number of amides is 2. The minimum atomic E-state index is -3.54. The van der Waals surface area contributed by atoms with Crippen LogP contribution in [0.1, 0.15) is 37.9 Å². The number of hydrogen-bond donors (Lipinski definition) is 2. The van der Waals surface area contributed by atoms with Crippen LogP contribution in [0.5, 0.6) is 0 Å². The van der Waals surface area contributed by atoms with Crippen molar-refractivity contribution >= 4 is 50.4 Å². The van der Waals surface area contributed by atoms with Gasteiger partial charge < -0.3 is 15.5 Å². The number of sulfone groups is 1. The van der Waals surface area contributed by atoms with Crippen molar-refractivity contribution in [3.05, 3.63) is 87.9 Å². The van der Waals surface area contributed by atoms with Crippen LogP contribution >= 0.6 is 23.2 Å². The van der Waals surface area contributed by atoms with E-state index in [4.69, 9.17) is 23.2 Å². The highest BCUT2D eigenvalue weighted by molar-refractivity contribution is 7.90. The molecule has 2 N–H and O–H groups in total. The largest absolute Gasteiger partial charge is 0.372 e. The molecule has 0 aromatic heterocycles. The van der Waals surface area contributed by atoms with Gasteiger partial charge in [-0.15, -0.1) is 0 Å². The lowest BCUT2D eigenvalue weighted by Crippen LogP contribution is -2.31. The lowest BCUT2D eigenvalue weighted by molar-refractivity contribution is 0.249. The Hall–Kier alpha value is -2.74. The average Bonchev–Trinajstić information content (AvgIpc) is 2.82. The van der Waals surface area contributed by atoms with E-state index in [1.54, 1.807) is 37.3 Å². The van der Waals surface area contributed by atoms with Crippen molar-refractivity contribution in [1.82, 2.24) is 5.32 Å². The van der Waals surface area contributed by atoms with Gasteiger partial charge in [-0.2, -0.15) is 0 Å². The van der Waals surface area contributed by atoms with Gasteiger partial charge in [0.2, 0.25) is 0 Å². The summed E-state index contributed by atoms with van der Waals surface area (Å²) in [6.07, 6.45) is 0. The molecule has 1 unspecified atom stereocenters. The van der Waals surface area contributed by atoms with Crippen molar-refractivity contribution < 1.29 is 13.2 Å². The Labute approximate surface area is 217 Å². The SMILES string of the molecule is CCN(CC)c1ccc(CS(=O)(=O)c2ccc(NC(=O)NC(C)c3cccc(Cl)c3Cl)cc2)cc1. The van der Waals surface area contributed by atoms with Gasteiger partial charge in [-0.05, 0) is 74.4 Å². The second-order valence-electron chi connectivity index (χ2n) is 8.09. The first-order valence-corrected chi connectivity index (χ1v) is 13.7. The fourth-order valence-corrected chi connectivity index (χ4v) is 5.56. The molecule has 0 aliphatic carbocycles. The third-order valence-electron chi connectivity index (χ3n) is 5.69. The Bertz CT molecular complexity index is 1260. The molecular weight excluding hydrogens is 505 g/mol. The monoisotopic (exact) mass is 533 g/mol. The first-order valence-electron chi connectivity index (χ1n) is 11.3. The van der Waals surface area contributed by atoms with E-state index in [1.807, 2.05) is 24.3 Å². The molecule has 0 radical (unpaired) electrons. The van der Waals surface area contributed by atoms with Crippen molar-refractivity contribution in [1.29, 1.82) is 0 Å². The molecule has 0 aliphatic rings. The van der Waals surface area contributed by atoms with Crippen molar-refractivity contribution in [2.75, 3.05) is 23.3 Å². The molecule has 2 amide bonds. The maximum atomic E-state index is 12.9. The minimum Gasteiger partial charge on any atom is -0.372 e. The van der Waals surface area contributed by atoms with Crippen LogP contribution in [-0.4, -0.2) is 27.5 Å². The summed E-state index contributed by atoms with van der Waals surface area (Å²) >= 11 is 12.3. The number of anilines is 2. The van der Waals surface area contributed by atoms with Crippen LogP contribution in [0, 0.1) is 0 Å². The number of benzene rings is 3. The van der Waals surface area contributed by atoms with E-state index in [9.17, 15) is 13.2 Å². The number of rotatable bonds is 9. The Morgan fingerprint density at radius 1 is 0.943 bits per heavy atom. The first-order chi connectivity index (χ1) is 16.6. The summed E-state index contributed by atoms with van der Waals surface area (Å²) in [5, 5.41) is 6.30. The number of nitrogens with one attached hydrogen (secondary N) is 2. The predicted octanol–water partition coefficient (Wildman–Crippen LogP) is 6.70. The standard InChI is InChI=1S/C26H29Cl2N3O3S/c1-4-31(5-2)21-13-9-19(10-14-21)17-35(33,34)22-15-11-20(12-16-22)30-26(32)29-18(3)23-7-6-8-24(27)25(23)28/h6-16,18H,4-5,17H2,1-3H3,(H2,29,30,32). The maximum absolute atomic E-state index is 12.9. The maximum Gasteiger partial charge on any atom is 0.319 e. The first kappa shape index (κ1) is 26.9. The van der Waals surface area contributed by atoms with Crippen LogP contribution in [0.25, 0.3) is 0 Å². The van der Waals surface area contributed by atoms with E-state index in [1.165, 1.54) is 12.1 Å². The Morgan fingerprint density at radius 2 is 1.57 bits per heavy atom. The van der Waals surface area contributed by atoms with Crippen molar-refractivity contribution in [2.24, 2.45) is 0 Å². The molecule has 0 aliphatic heterocycles. The van der Waals surface area contributed by atoms with Gasteiger partial charge in [0, 0.05) is 24.5 Å². The van der Waals surface area contributed by atoms with Gasteiger partial charge >= 0.3 is 6.03 Å². The number of nitrogens with zero attached hydrogens (tertiary/aromatic N) is 1. The van der Waals surface area contributed by atoms with E-state index in [0.29, 0.717) is 21.3 Å². The molecule has 3 aromatic carbocycles. The molecule has 0 fully saturated rings. The minimum absolute atomic E-state index is 0.100. The molecule has 0 saturated heterocycles. The van der Waals surface area contributed by atoms with Crippen molar-refractivity contribution in [2.45, 2.75) is 37.5 Å². The van der Waals surface area contributed by atoms with Crippen LogP contribution in [0.2, 0.25) is 10.0 Å². The van der Waals surface area contributed by atoms with Crippen LogP contribution in [0.15, 0.2) is 71.6 Å². The van der Waals surface area contributed by atoms with Crippen LogP contribution in [0.3, 0.4) is 0 Å². The molecule has 1 atom stereocenters. The van der Waals surface area contributed by atoms with Gasteiger partial charge in [-0.1, -0.05) is 47.5 Å². The highest BCUT2D eigenvalue weighted by Crippen LogP contribution is 2.30. The molecule has 35 heavy (non-hydrogen) atoms. The number of carbonyl (C=O) groups is 1. The van der Waals surface area contributed by atoms with Gasteiger partial charge in [0.25, 0.3) is 0 Å². The van der Waals surface area contributed by atoms with Gasteiger partial charge in [-0.25, -0.2) is 13.2 Å². The Morgan fingerprint density at radius 3 is 2.17 bits per heavy atom. The predicted molar refractivity (Wildman–Crippen MR) is 144 cm³/mol. The fraction of sp³-hybridized carbons (Fsp3) is 0.269. The average molecular weight is 535 g/mol. The molecule has 3 rings (SSSR count). The summed E-state index contributed by atoms with van der Waals surface area (Å²) in [7, 11) is -3.54. The topological polar surface area (TPSA) is 78.5 Å². The van der Waals surface area contributed by atoms with Crippen molar-refractivity contribution in [3.63, 3.8) is 0 Å². The van der Waals surface area contributed by atoms with Crippen LogP contribution in [0.4, 0.5) is 16.2 Å². The zero-order chi connectivity index (χ0) is 25.6. The van der Waals surface area contributed by atoms with E-state index in [2.05, 4.69) is 29.4 Å². The zero-order valence-electron chi connectivity index (χ0n) is 19.9. The molecule has 0 spiro atoms. The van der Waals surface area contributed by atoms with Crippen LogP contribution < -0.4 is 15.5 Å². The van der Waals surface area contributed by atoms with Crippen LogP contribution in [-0.2, 0) is 15.6 Å². The highest BCUT2D eigenvalue weighted by atomic mass is 35.5. The number of carbonyl (C=O) groups excluding carboxylic acids is 1. The summed E-state index contributed by atoms with van der Waals surface area (Å²) < 4.78 is 25.8. The second-order valence-corrected chi connectivity index (χ2v) is 10.9. The molecule has 0 saturated carbocycles. The van der Waals surface area contributed by atoms with Crippen molar-refractivity contribution in [3.8, 4) is 0 Å². The molecular formula is C26H29Cl2N3O3S. The van der Waals surface area contributed by atoms with E-state index in [-0.39, 0.29) is 16.7 Å².